The van der Waals surface area contributed by atoms with Crippen LogP contribution in [0.4, 0.5) is 5.82 Å². The fourth-order valence-corrected chi connectivity index (χ4v) is 5.92. The molecule has 0 amide bonds. The maximum absolute atomic E-state index is 12.8. The van der Waals surface area contributed by atoms with E-state index in [-0.39, 0.29) is 23.7 Å². The molecule has 3 atom stereocenters. The van der Waals surface area contributed by atoms with Crippen molar-refractivity contribution in [1.82, 2.24) is 4.98 Å². The molecule has 4 rings (SSSR count). The highest BCUT2D eigenvalue weighted by Crippen LogP contribution is 2.52. The van der Waals surface area contributed by atoms with Gasteiger partial charge in [-0.3, -0.25) is 4.79 Å². The van der Waals surface area contributed by atoms with E-state index >= 15 is 0 Å². The fraction of sp³-hybridized carbons (Fsp3) is 0.682. The summed E-state index contributed by atoms with van der Waals surface area (Å²) < 4.78 is 5.61. The van der Waals surface area contributed by atoms with Crippen molar-refractivity contribution < 1.29 is 19.4 Å². The van der Waals surface area contributed by atoms with Gasteiger partial charge >= 0.3 is 11.9 Å². The third-order valence-corrected chi connectivity index (χ3v) is 7.44. The van der Waals surface area contributed by atoms with Crippen LogP contribution in [0.15, 0.2) is 17.2 Å². The Morgan fingerprint density at radius 3 is 2.38 bits per heavy atom. The lowest BCUT2D eigenvalue weighted by molar-refractivity contribution is -0.139. The van der Waals surface area contributed by atoms with Crippen molar-refractivity contribution in [2.75, 3.05) is 18.0 Å². The normalized spacial score (nSPS) is 26.9. The zero-order chi connectivity index (χ0) is 20.8. The number of hydrogen-bond donors (Lipinski definition) is 1. The molecule has 0 spiro atoms. The number of pyridine rings is 1. The molecule has 0 bridgehead atoms. The molecule has 7 heteroatoms. The van der Waals surface area contributed by atoms with E-state index in [2.05, 4.69) is 4.90 Å². The minimum Gasteiger partial charge on any atom is -0.481 e. The Bertz CT molecular complexity index is 788. The Kier molecular flexibility index (Phi) is 5.53. The quantitative estimate of drug-likeness (QED) is 0.717. The molecule has 2 heterocycles. The van der Waals surface area contributed by atoms with Crippen molar-refractivity contribution in [2.24, 2.45) is 17.8 Å². The van der Waals surface area contributed by atoms with E-state index in [9.17, 15) is 14.7 Å². The third-order valence-electron chi connectivity index (χ3n) is 6.10. The van der Waals surface area contributed by atoms with Gasteiger partial charge < -0.3 is 14.7 Å². The summed E-state index contributed by atoms with van der Waals surface area (Å²) in [6.07, 6.45) is 6.04. The number of thioether (sulfide) groups is 1. The molecule has 0 aromatic carbocycles. The van der Waals surface area contributed by atoms with Crippen LogP contribution in [0, 0.1) is 17.8 Å². The zero-order valence-electron chi connectivity index (χ0n) is 17.4. The van der Waals surface area contributed by atoms with Crippen molar-refractivity contribution in [2.45, 2.75) is 68.8 Å². The first-order valence-corrected chi connectivity index (χ1v) is 11.5. The molecule has 1 aliphatic heterocycles. The van der Waals surface area contributed by atoms with Crippen LogP contribution < -0.4 is 4.90 Å². The van der Waals surface area contributed by atoms with Crippen LogP contribution in [0.5, 0.6) is 0 Å². The van der Waals surface area contributed by atoms with Crippen LogP contribution in [0.2, 0.25) is 0 Å². The Morgan fingerprint density at radius 2 is 1.79 bits per heavy atom. The van der Waals surface area contributed by atoms with Crippen LogP contribution in [0.25, 0.3) is 0 Å². The number of hydrogen-bond acceptors (Lipinski definition) is 6. The molecule has 1 saturated heterocycles. The minimum absolute atomic E-state index is 0.191. The number of carboxylic acids is 1. The van der Waals surface area contributed by atoms with Crippen molar-refractivity contribution in [1.29, 1.82) is 0 Å². The second-order valence-corrected chi connectivity index (χ2v) is 10.8. The molecule has 3 fully saturated rings. The van der Waals surface area contributed by atoms with E-state index in [1.165, 1.54) is 19.3 Å². The number of ether oxygens (including phenoxy) is 1. The summed E-state index contributed by atoms with van der Waals surface area (Å²) in [6, 6.07) is 3.71. The average molecular weight is 419 g/mol. The molecule has 1 aromatic heterocycles. The number of nitrogens with zero attached hydrogens (tertiary/aromatic N) is 2. The predicted molar refractivity (Wildman–Crippen MR) is 112 cm³/mol. The van der Waals surface area contributed by atoms with Crippen LogP contribution in [-0.2, 0) is 9.53 Å². The maximum Gasteiger partial charge on any atom is 0.341 e. The first-order valence-electron chi connectivity index (χ1n) is 10.6. The van der Waals surface area contributed by atoms with Gasteiger partial charge in [-0.25, -0.2) is 9.78 Å². The van der Waals surface area contributed by atoms with Gasteiger partial charge in [-0.05, 0) is 57.6 Å². The van der Waals surface area contributed by atoms with Crippen molar-refractivity contribution in [3.05, 3.63) is 17.7 Å². The number of piperidine rings is 1. The highest BCUT2D eigenvalue weighted by molar-refractivity contribution is 7.99. The Morgan fingerprint density at radius 1 is 1.14 bits per heavy atom. The van der Waals surface area contributed by atoms with Crippen molar-refractivity contribution >= 4 is 29.5 Å². The molecule has 6 nitrogen and oxygen atoms in total. The van der Waals surface area contributed by atoms with Crippen LogP contribution in [0.3, 0.4) is 0 Å². The Labute approximate surface area is 176 Å². The van der Waals surface area contributed by atoms with E-state index in [1.54, 1.807) is 11.8 Å². The summed E-state index contributed by atoms with van der Waals surface area (Å²) >= 11 is 1.70. The standard InChI is InChI=1S/C22H30N2O4S/c1-22(2,3)28-21(27)14-9-10-17(23-19(14)29-13-7-5-4-6-8-13)24-11-15-16(12-24)18(15)20(25)26/h9-10,13,15-16,18H,4-8,11-12H2,1-3H3,(H,25,26)/t15-,16+,18?. The highest BCUT2D eigenvalue weighted by Gasteiger charge is 2.60. The summed E-state index contributed by atoms with van der Waals surface area (Å²) in [5.41, 5.74) is -0.0167. The fourth-order valence-electron chi connectivity index (χ4n) is 4.61. The second-order valence-electron chi connectivity index (χ2n) is 9.50. The number of rotatable bonds is 5. The SMILES string of the molecule is CC(C)(C)OC(=O)c1ccc(N2C[C@@H]3C(C(=O)O)[C@@H]3C2)nc1SC1CCCCC1. The zero-order valence-corrected chi connectivity index (χ0v) is 18.2. The van der Waals surface area contributed by atoms with E-state index in [0.717, 1.165) is 36.8 Å². The van der Waals surface area contributed by atoms with Crippen LogP contribution in [0.1, 0.15) is 63.2 Å². The molecule has 158 valence electrons. The summed E-state index contributed by atoms with van der Waals surface area (Å²) in [5.74, 6) is 0.102. The lowest BCUT2D eigenvalue weighted by atomic mass is 10.0. The number of fused-ring (bicyclic) bond motifs is 1. The van der Waals surface area contributed by atoms with E-state index in [1.807, 2.05) is 32.9 Å². The number of carbonyl (C=O) groups excluding carboxylic acids is 1. The van der Waals surface area contributed by atoms with Gasteiger partial charge in [-0.2, -0.15) is 0 Å². The molecule has 1 unspecified atom stereocenters. The first kappa shape index (κ1) is 20.5. The largest absolute Gasteiger partial charge is 0.481 e. The number of anilines is 1. The molecule has 29 heavy (non-hydrogen) atoms. The summed E-state index contributed by atoms with van der Waals surface area (Å²) in [5, 5.41) is 10.5. The number of aromatic nitrogens is 1. The highest BCUT2D eigenvalue weighted by atomic mass is 32.2. The van der Waals surface area contributed by atoms with Crippen LogP contribution >= 0.6 is 11.8 Å². The number of carbonyl (C=O) groups is 2. The Balaban J connectivity index is 1.54. The van der Waals surface area contributed by atoms with Gasteiger partial charge in [0.2, 0.25) is 0 Å². The molecule has 0 radical (unpaired) electrons. The molecule has 2 saturated carbocycles. The van der Waals surface area contributed by atoms with Crippen molar-refractivity contribution in [3.8, 4) is 0 Å². The van der Waals surface area contributed by atoms with Gasteiger partial charge in [0.1, 0.15) is 16.4 Å². The molecular weight excluding hydrogens is 388 g/mol. The van der Waals surface area contributed by atoms with Gasteiger partial charge in [0.25, 0.3) is 0 Å². The Hall–Kier alpha value is -1.76. The summed E-state index contributed by atoms with van der Waals surface area (Å²) in [6.45, 7) is 7.07. The lowest BCUT2D eigenvalue weighted by Gasteiger charge is -2.25. The molecule has 1 N–H and O–H groups in total. The molecule has 3 aliphatic rings. The maximum atomic E-state index is 12.8. The van der Waals surface area contributed by atoms with Gasteiger partial charge in [-0.15, -0.1) is 11.8 Å². The van der Waals surface area contributed by atoms with Gasteiger partial charge in [0, 0.05) is 18.3 Å². The summed E-state index contributed by atoms with van der Waals surface area (Å²) in [4.78, 5) is 31.0. The van der Waals surface area contributed by atoms with E-state index < -0.39 is 11.6 Å². The van der Waals surface area contributed by atoms with E-state index in [0.29, 0.717) is 10.8 Å². The second kappa shape index (κ2) is 7.82. The lowest BCUT2D eigenvalue weighted by Crippen LogP contribution is -2.28. The van der Waals surface area contributed by atoms with E-state index in [4.69, 9.17) is 9.72 Å². The number of carboxylic acid groups (broad SMARTS) is 1. The molecule has 2 aliphatic carbocycles. The minimum atomic E-state index is -0.679. The third kappa shape index (κ3) is 4.55. The molecular formula is C22H30N2O4S. The van der Waals surface area contributed by atoms with Crippen molar-refractivity contribution in [3.63, 3.8) is 0 Å². The number of aliphatic carboxylic acids is 1. The predicted octanol–water partition coefficient (Wildman–Crippen LogP) is 4.23. The monoisotopic (exact) mass is 418 g/mol. The molecule has 1 aromatic rings. The smallest absolute Gasteiger partial charge is 0.341 e. The van der Waals surface area contributed by atoms with Gasteiger partial charge in [0.05, 0.1) is 11.5 Å². The van der Waals surface area contributed by atoms with Gasteiger partial charge in [0.15, 0.2) is 0 Å². The topological polar surface area (TPSA) is 79.7 Å². The average Bonchev–Trinajstić information content (AvgIpc) is 3.16. The summed E-state index contributed by atoms with van der Waals surface area (Å²) in [7, 11) is 0. The first-order chi connectivity index (χ1) is 13.7. The van der Waals surface area contributed by atoms with Crippen LogP contribution in [-0.4, -0.2) is 46.0 Å². The number of esters is 1. The van der Waals surface area contributed by atoms with Gasteiger partial charge in [-0.1, -0.05) is 19.3 Å².